The SMILES string of the molecule is CN(C(=O)c1ccc([N+](=O)[O-])cc1)n1ccc(S)cc1=O. The number of nitro benzene ring substituents is 1. The topological polar surface area (TPSA) is 85.4 Å². The number of nitrogens with zero attached hydrogens (tertiary/aromatic N) is 3. The Labute approximate surface area is 125 Å². The van der Waals surface area contributed by atoms with Gasteiger partial charge in [0.1, 0.15) is 0 Å². The molecular weight excluding hydrogens is 294 g/mol. The number of thiol groups is 1. The molecule has 1 amide bonds. The Morgan fingerprint density at radius 1 is 1.29 bits per heavy atom. The van der Waals surface area contributed by atoms with Crippen LogP contribution in [0.4, 0.5) is 5.69 Å². The third-order valence-corrected chi connectivity index (χ3v) is 3.10. The molecule has 0 aliphatic heterocycles. The van der Waals surface area contributed by atoms with E-state index in [9.17, 15) is 19.7 Å². The van der Waals surface area contributed by atoms with Gasteiger partial charge in [-0.25, -0.2) is 9.69 Å². The lowest BCUT2D eigenvalue weighted by Gasteiger charge is -2.19. The second-order valence-electron chi connectivity index (χ2n) is 4.20. The minimum absolute atomic E-state index is 0.106. The number of non-ortho nitro benzene ring substituents is 1. The fourth-order valence-corrected chi connectivity index (χ4v) is 1.90. The maximum Gasteiger partial charge on any atom is 0.272 e. The van der Waals surface area contributed by atoms with Gasteiger partial charge in [0.2, 0.25) is 0 Å². The largest absolute Gasteiger partial charge is 0.272 e. The van der Waals surface area contributed by atoms with Crippen molar-refractivity contribution in [3.05, 3.63) is 68.6 Å². The van der Waals surface area contributed by atoms with Gasteiger partial charge in [-0.3, -0.25) is 19.7 Å². The summed E-state index contributed by atoms with van der Waals surface area (Å²) in [5.41, 5.74) is -0.268. The second kappa shape index (κ2) is 5.80. The number of carbonyl (C=O) groups is 1. The van der Waals surface area contributed by atoms with Crippen molar-refractivity contribution in [3.63, 3.8) is 0 Å². The number of hydrogen-bond acceptors (Lipinski definition) is 5. The Hall–Kier alpha value is -2.61. The molecule has 0 N–H and O–H groups in total. The maximum absolute atomic E-state index is 12.2. The first kappa shape index (κ1) is 14.8. The summed E-state index contributed by atoms with van der Waals surface area (Å²) in [7, 11) is 1.43. The number of aromatic nitrogens is 1. The van der Waals surface area contributed by atoms with Crippen LogP contribution in [-0.4, -0.2) is 22.6 Å². The highest BCUT2D eigenvalue weighted by Crippen LogP contribution is 2.13. The van der Waals surface area contributed by atoms with E-state index in [0.717, 1.165) is 9.69 Å². The van der Waals surface area contributed by atoms with Gasteiger partial charge in [-0.2, -0.15) is 0 Å². The summed E-state index contributed by atoms with van der Waals surface area (Å²) in [6.45, 7) is 0. The molecule has 0 aliphatic carbocycles. The van der Waals surface area contributed by atoms with Crippen LogP contribution in [0.15, 0.2) is 52.3 Å². The molecule has 0 spiro atoms. The van der Waals surface area contributed by atoms with Crippen molar-refractivity contribution < 1.29 is 9.72 Å². The summed E-state index contributed by atoms with van der Waals surface area (Å²) in [6.07, 6.45) is 1.42. The molecular formula is C13H11N3O4S. The normalized spacial score (nSPS) is 10.2. The predicted octanol–water partition coefficient (Wildman–Crippen LogP) is 1.45. The lowest BCUT2D eigenvalue weighted by Crippen LogP contribution is -2.42. The molecule has 0 aliphatic rings. The third-order valence-electron chi connectivity index (χ3n) is 2.83. The highest BCUT2D eigenvalue weighted by Gasteiger charge is 2.15. The molecule has 1 heterocycles. The lowest BCUT2D eigenvalue weighted by atomic mass is 10.2. The van der Waals surface area contributed by atoms with Crippen LogP contribution >= 0.6 is 12.6 Å². The van der Waals surface area contributed by atoms with Gasteiger partial charge in [0.15, 0.2) is 0 Å². The van der Waals surface area contributed by atoms with Crippen molar-refractivity contribution in [2.75, 3.05) is 12.1 Å². The van der Waals surface area contributed by atoms with Crippen LogP contribution in [0.3, 0.4) is 0 Å². The van der Waals surface area contributed by atoms with Gasteiger partial charge in [-0.1, -0.05) is 0 Å². The number of pyridine rings is 1. The zero-order valence-electron chi connectivity index (χ0n) is 11.0. The number of nitro groups is 1. The number of rotatable bonds is 3. The predicted molar refractivity (Wildman–Crippen MR) is 79.5 cm³/mol. The molecule has 0 saturated carbocycles. The van der Waals surface area contributed by atoms with E-state index in [4.69, 9.17) is 0 Å². The van der Waals surface area contributed by atoms with Gasteiger partial charge in [-0.15, -0.1) is 12.6 Å². The fraction of sp³-hybridized carbons (Fsp3) is 0.0769. The molecule has 0 bridgehead atoms. The van der Waals surface area contributed by atoms with E-state index in [1.165, 1.54) is 43.6 Å². The smallest absolute Gasteiger partial charge is 0.267 e. The number of benzene rings is 1. The molecule has 2 aromatic rings. The molecule has 8 heteroatoms. The van der Waals surface area contributed by atoms with E-state index in [1.807, 2.05) is 0 Å². The number of hydrogen-bond donors (Lipinski definition) is 1. The molecule has 0 radical (unpaired) electrons. The minimum Gasteiger partial charge on any atom is -0.267 e. The zero-order chi connectivity index (χ0) is 15.6. The first-order chi connectivity index (χ1) is 9.90. The van der Waals surface area contributed by atoms with Crippen molar-refractivity contribution in [2.45, 2.75) is 4.90 Å². The van der Waals surface area contributed by atoms with Crippen LogP contribution in [0.5, 0.6) is 0 Å². The van der Waals surface area contributed by atoms with E-state index < -0.39 is 16.4 Å². The van der Waals surface area contributed by atoms with E-state index in [-0.39, 0.29) is 11.3 Å². The lowest BCUT2D eigenvalue weighted by molar-refractivity contribution is -0.384. The Morgan fingerprint density at radius 2 is 1.90 bits per heavy atom. The van der Waals surface area contributed by atoms with Gasteiger partial charge in [0.05, 0.1) is 4.92 Å². The second-order valence-corrected chi connectivity index (χ2v) is 4.72. The molecule has 0 saturated heterocycles. The Bertz CT molecular complexity index is 755. The van der Waals surface area contributed by atoms with Crippen LogP contribution in [0.2, 0.25) is 0 Å². The first-order valence-electron chi connectivity index (χ1n) is 5.84. The zero-order valence-corrected chi connectivity index (χ0v) is 11.9. The average Bonchev–Trinajstić information content (AvgIpc) is 2.46. The highest BCUT2D eigenvalue weighted by atomic mass is 32.1. The van der Waals surface area contributed by atoms with Gasteiger partial charge >= 0.3 is 0 Å². The summed E-state index contributed by atoms with van der Waals surface area (Å²) in [5.74, 6) is -0.459. The molecule has 0 unspecified atom stereocenters. The monoisotopic (exact) mass is 305 g/mol. The molecule has 1 aromatic carbocycles. The van der Waals surface area contributed by atoms with Crippen LogP contribution in [0.1, 0.15) is 10.4 Å². The van der Waals surface area contributed by atoms with E-state index >= 15 is 0 Å². The Kier molecular flexibility index (Phi) is 4.08. The molecule has 0 atom stereocenters. The third kappa shape index (κ3) is 3.11. The molecule has 1 aromatic heterocycles. The molecule has 108 valence electrons. The van der Waals surface area contributed by atoms with Crippen molar-refractivity contribution in [1.29, 1.82) is 0 Å². The highest BCUT2D eigenvalue weighted by molar-refractivity contribution is 7.80. The molecule has 7 nitrogen and oxygen atoms in total. The van der Waals surface area contributed by atoms with Crippen LogP contribution < -0.4 is 10.6 Å². The average molecular weight is 305 g/mol. The number of carbonyl (C=O) groups excluding carboxylic acids is 1. The van der Waals surface area contributed by atoms with E-state index in [0.29, 0.717) is 4.90 Å². The quantitative estimate of drug-likeness (QED) is 0.528. The van der Waals surface area contributed by atoms with Crippen LogP contribution in [-0.2, 0) is 0 Å². The van der Waals surface area contributed by atoms with Gasteiger partial charge in [-0.05, 0) is 18.2 Å². The van der Waals surface area contributed by atoms with Crippen molar-refractivity contribution in [1.82, 2.24) is 4.68 Å². The van der Waals surface area contributed by atoms with Crippen LogP contribution in [0.25, 0.3) is 0 Å². The fourth-order valence-electron chi connectivity index (χ4n) is 1.72. The van der Waals surface area contributed by atoms with Gasteiger partial charge in [0.25, 0.3) is 17.2 Å². The Balaban J connectivity index is 2.30. The van der Waals surface area contributed by atoms with E-state index in [1.54, 1.807) is 6.07 Å². The summed E-state index contributed by atoms with van der Waals surface area (Å²) in [4.78, 5) is 34.5. The standard InChI is InChI=1S/C13H11N3O4S/c1-14(15-7-6-11(21)8-12(15)17)13(18)9-2-4-10(5-3-9)16(19)20/h2-8,21H,1H3. The van der Waals surface area contributed by atoms with Crippen molar-refractivity contribution in [2.24, 2.45) is 0 Å². The summed E-state index contributed by atoms with van der Waals surface area (Å²) >= 11 is 4.04. The van der Waals surface area contributed by atoms with Crippen molar-refractivity contribution in [3.8, 4) is 0 Å². The molecule has 21 heavy (non-hydrogen) atoms. The maximum atomic E-state index is 12.2. The van der Waals surface area contributed by atoms with Crippen LogP contribution in [0, 0.1) is 10.1 Å². The molecule has 0 fully saturated rings. The Morgan fingerprint density at radius 3 is 2.43 bits per heavy atom. The van der Waals surface area contributed by atoms with E-state index in [2.05, 4.69) is 12.6 Å². The number of amides is 1. The minimum atomic E-state index is -0.548. The molecule has 2 rings (SSSR count). The van der Waals surface area contributed by atoms with Gasteiger partial charge in [0, 0.05) is 41.9 Å². The first-order valence-corrected chi connectivity index (χ1v) is 6.29. The summed E-state index contributed by atoms with van der Waals surface area (Å²) in [6, 6.07) is 8.01. The van der Waals surface area contributed by atoms with Gasteiger partial charge < -0.3 is 0 Å². The van der Waals surface area contributed by atoms with Crippen molar-refractivity contribution >= 4 is 24.2 Å². The summed E-state index contributed by atoms with van der Waals surface area (Å²) < 4.78 is 1.13. The summed E-state index contributed by atoms with van der Waals surface area (Å²) in [5, 5.41) is 11.7.